The lowest BCUT2D eigenvalue weighted by Gasteiger charge is -2.43. The molecule has 6 rings (SSSR count). The molecule has 2 amide bonds. The van der Waals surface area contributed by atoms with Crippen LogP contribution in [0.2, 0.25) is 0 Å². The minimum Gasteiger partial charge on any atom is -0.493 e. The van der Waals surface area contributed by atoms with E-state index in [1.807, 2.05) is 44.2 Å². The maximum absolute atomic E-state index is 13.2. The van der Waals surface area contributed by atoms with Crippen LogP contribution < -0.4 is 10.1 Å². The molecule has 0 spiro atoms. The summed E-state index contributed by atoms with van der Waals surface area (Å²) in [5.41, 5.74) is 1.09. The molecule has 0 unspecified atom stereocenters. The molecule has 4 saturated heterocycles. The van der Waals surface area contributed by atoms with E-state index in [2.05, 4.69) is 5.32 Å². The first-order valence-corrected chi connectivity index (χ1v) is 23.3. The summed E-state index contributed by atoms with van der Waals surface area (Å²) in [5.74, 6) is -2.77. The van der Waals surface area contributed by atoms with Crippen LogP contribution in [0.5, 0.6) is 5.75 Å². The van der Waals surface area contributed by atoms with Crippen LogP contribution in [-0.2, 0) is 33.4 Å². The number of esters is 1. The number of aliphatic carboxylic acids is 2. The van der Waals surface area contributed by atoms with Crippen molar-refractivity contribution in [1.82, 2.24) is 10.2 Å². The van der Waals surface area contributed by atoms with Gasteiger partial charge in [-0.1, -0.05) is 68.5 Å². The number of unbranched alkanes of at least 4 members (excludes halogenated alkanes) is 5. The Balaban J connectivity index is 0.000000244. The van der Waals surface area contributed by atoms with Gasteiger partial charge in [0.15, 0.2) is 0 Å². The van der Waals surface area contributed by atoms with Crippen LogP contribution in [0.1, 0.15) is 110 Å². The molecular weight excluding hydrogens is 849 g/mol. The van der Waals surface area contributed by atoms with Crippen molar-refractivity contribution in [2.45, 2.75) is 158 Å². The van der Waals surface area contributed by atoms with Gasteiger partial charge >= 0.3 is 17.9 Å². The van der Waals surface area contributed by atoms with E-state index in [1.165, 1.54) is 22.7 Å². The number of epoxide rings is 1. The first-order valence-electron chi connectivity index (χ1n) is 22.4. The Morgan fingerprint density at radius 1 is 0.984 bits per heavy atom. The molecule has 4 heterocycles. The number of carbonyl (C=O) groups is 5. The number of nitrogens with zero attached hydrogens (tertiary/aromatic N) is 1. The van der Waals surface area contributed by atoms with Crippen molar-refractivity contribution < 1.29 is 68.5 Å². The van der Waals surface area contributed by atoms with E-state index in [0.29, 0.717) is 56.0 Å². The lowest BCUT2D eigenvalue weighted by molar-refractivity contribution is -0.165. The summed E-state index contributed by atoms with van der Waals surface area (Å²) in [6.45, 7) is 11.9. The molecule has 0 saturated carbocycles. The fourth-order valence-electron chi connectivity index (χ4n) is 8.71. The predicted octanol–water partition coefficient (Wildman–Crippen LogP) is 5.08. The Morgan fingerprint density at radius 3 is 2.34 bits per heavy atom. The number of hydrogen-bond donors (Lipinski definition) is 6. The number of carbonyl (C=O) groups excluding carboxylic acids is 3. The van der Waals surface area contributed by atoms with Gasteiger partial charge in [0, 0.05) is 29.1 Å². The Morgan fingerprint density at radius 2 is 1.67 bits per heavy atom. The first kappa shape index (κ1) is 50.7. The highest BCUT2D eigenvalue weighted by molar-refractivity contribution is 8.01. The second-order valence-electron chi connectivity index (χ2n) is 17.9. The van der Waals surface area contributed by atoms with Gasteiger partial charge < -0.3 is 54.7 Å². The molecule has 6 N–H and O–H groups in total. The molecule has 354 valence electrons. The first-order chi connectivity index (χ1) is 30.4. The second-order valence-corrected chi connectivity index (χ2v) is 19.6. The topological polar surface area (TPSA) is 242 Å². The molecule has 0 radical (unpaired) electrons. The third kappa shape index (κ3) is 12.8. The number of amides is 2. The largest absolute Gasteiger partial charge is 0.493 e. The van der Waals surface area contributed by atoms with E-state index in [1.54, 1.807) is 33.8 Å². The number of benzene rings is 2. The number of aliphatic hydroxyl groups excluding tert-OH is 3. The normalized spacial score (nSPS) is 27.9. The van der Waals surface area contributed by atoms with Crippen LogP contribution in [0.25, 0.3) is 10.8 Å². The number of aliphatic hydroxyl groups is 3. The quantitative estimate of drug-likeness (QED) is 0.0315. The third-order valence-electron chi connectivity index (χ3n) is 12.5. The van der Waals surface area contributed by atoms with Gasteiger partial charge in [-0.2, -0.15) is 0 Å². The van der Waals surface area contributed by atoms with Crippen LogP contribution in [0, 0.1) is 11.8 Å². The lowest BCUT2D eigenvalue weighted by atomic mass is 9.85. The van der Waals surface area contributed by atoms with Crippen molar-refractivity contribution in [1.29, 1.82) is 0 Å². The van der Waals surface area contributed by atoms with E-state index in [-0.39, 0.29) is 36.4 Å². The standard InChI is InChI=1S/C26H44O9.C21H22N2O5S/c1-16(13-23(30)33-11-9-7-5-4-6-8-10-22(28)29)12-20-25(32)24(31)19(15-34-20)14-21-26(35-21)17(2)18(3)27;1-4-28-13-10-9-11-7-5-6-8-12(11)14(13)17(24)22-15-18(25)23-16(20(26)27)21(2,3)29-19(15)23/h13,17-21,24-27,31-32H,4-12,14-15H2,1-3H3,(H,28,29);5-10,15-16,19H,4H2,1-3H3,(H,22,24)(H,26,27)/b16-13+;/t17-,18-,19-,20-,21-,24+,25-,26-;15-,16+,19-/m01/s1. The number of rotatable bonds is 21. The van der Waals surface area contributed by atoms with Gasteiger partial charge in [-0.05, 0) is 77.1 Å². The minimum absolute atomic E-state index is 0.0160. The molecule has 0 bridgehead atoms. The average molecular weight is 915 g/mol. The van der Waals surface area contributed by atoms with E-state index >= 15 is 0 Å². The third-order valence-corrected chi connectivity index (χ3v) is 14.0. The number of carboxylic acids is 2. The summed E-state index contributed by atoms with van der Waals surface area (Å²) >= 11 is 1.40. The monoisotopic (exact) mass is 914 g/mol. The van der Waals surface area contributed by atoms with Crippen molar-refractivity contribution in [3.05, 3.63) is 53.6 Å². The van der Waals surface area contributed by atoms with Gasteiger partial charge in [0.1, 0.15) is 29.3 Å². The van der Waals surface area contributed by atoms with Gasteiger partial charge in [0.25, 0.3) is 5.91 Å². The molecule has 17 heteroatoms. The Bertz CT molecular complexity index is 1990. The van der Waals surface area contributed by atoms with Gasteiger partial charge in [-0.15, -0.1) is 11.8 Å². The highest BCUT2D eigenvalue weighted by Crippen LogP contribution is 2.51. The molecule has 4 fully saturated rings. The zero-order chi connectivity index (χ0) is 46.9. The summed E-state index contributed by atoms with van der Waals surface area (Å²) in [4.78, 5) is 61.4. The highest BCUT2D eigenvalue weighted by Gasteiger charge is 2.64. The Hall–Kier alpha value is -4.26. The zero-order valence-electron chi connectivity index (χ0n) is 37.6. The smallest absolute Gasteiger partial charge is 0.330 e. The molecule has 4 aliphatic heterocycles. The van der Waals surface area contributed by atoms with Gasteiger partial charge in [0.2, 0.25) is 5.91 Å². The Kier molecular flexibility index (Phi) is 18.1. The fourth-order valence-corrected chi connectivity index (χ4v) is 10.3. The van der Waals surface area contributed by atoms with E-state index in [0.717, 1.165) is 42.9 Å². The molecule has 4 aliphatic rings. The SMILES string of the molecule is C/C(=C\C(=O)OCCCCCCCCC(=O)O)C[C@@H]1OC[C@H](C[C@@H]2O[C@H]2[C@@H](C)[C@H](C)O)[C@@H](O)[C@H]1O.CCOc1ccc2ccccc2c1C(=O)N[C@@H]1C(=O)N2[C@@H]1SC(C)(C)[C@@H]2C(=O)O. The molecule has 0 aromatic heterocycles. The van der Waals surface area contributed by atoms with Crippen LogP contribution in [-0.4, -0.2) is 139 Å². The average Bonchev–Trinajstić information content (AvgIpc) is 3.96. The summed E-state index contributed by atoms with van der Waals surface area (Å²) < 4.78 is 21.7. The maximum atomic E-state index is 13.2. The fraction of sp³-hybridized carbons (Fsp3) is 0.638. The van der Waals surface area contributed by atoms with Crippen molar-refractivity contribution in [2.75, 3.05) is 19.8 Å². The predicted molar refractivity (Wildman–Crippen MR) is 239 cm³/mol. The zero-order valence-corrected chi connectivity index (χ0v) is 38.5. The number of hydrogen-bond acceptors (Lipinski definition) is 13. The molecule has 2 aromatic rings. The number of thioether (sulfide) groups is 1. The van der Waals surface area contributed by atoms with Gasteiger partial charge in [0.05, 0.1) is 55.9 Å². The van der Waals surface area contributed by atoms with Gasteiger partial charge in [-0.25, -0.2) is 9.59 Å². The highest BCUT2D eigenvalue weighted by atomic mass is 32.2. The van der Waals surface area contributed by atoms with Crippen LogP contribution in [0.4, 0.5) is 0 Å². The molecule has 2 aromatic carbocycles. The number of β-lactam (4-membered cyclic amide) rings is 1. The summed E-state index contributed by atoms with van der Waals surface area (Å²) in [7, 11) is 0. The van der Waals surface area contributed by atoms with Gasteiger partial charge in [-0.3, -0.25) is 14.4 Å². The van der Waals surface area contributed by atoms with Crippen molar-refractivity contribution in [2.24, 2.45) is 11.8 Å². The van der Waals surface area contributed by atoms with E-state index in [4.69, 9.17) is 24.1 Å². The number of carboxylic acid groups (broad SMARTS) is 2. The summed E-state index contributed by atoms with van der Waals surface area (Å²) in [5, 5.41) is 53.1. The maximum Gasteiger partial charge on any atom is 0.330 e. The van der Waals surface area contributed by atoms with Crippen molar-refractivity contribution in [3.63, 3.8) is 0 Å². The molecule has 11 atom stereocenters. The Labute approximate surface area is 379 Å². The molecule has 16 nitrogen and oxygen atoms in total. The van der Waals surface area contributed by atoms with Crippen LogP contribution >= 0.6 is 11.8 Å². The van der Waals surface area contributed by atoms with Crippen LogP contribution in [0.3, 0.4) is 0 Å². The molecule has 64 heavy (non-hydrogen) atoms. The lowest BCUT2D eigenvalue weighted by Crippen LogP contribution is -2.70. The summed E-state index contributed by atoms with van der Waals surface area (Å²) in [6.07, 6.45) is 4.61. The van der Waals surface area contributed by atoms with Crippen LogP contribution in [0.15, 0.2) is 48.0 Å². The molecular formula is C47H66N2O14S. The number of fused-ring (bicyclic) bond motifs is 2. The molecule has 0 aliphatic carbocycles. The minimum atomic E-state index is -1.06. The van der Waals surface area contributed by atoms with Crippen molar-refractivity contribution in [3.8, 4) is 5.75 Å². The van der Waals surface area contributed by atoms with Crippen molar-refractivity contribution >= 4 is 52.3 Å². The second kappa shape index (κ2) is 22.8. The van der Waals surface area contributed by atoms with E-state index in [9.17, 15) is 44.4 Å². The number of ether oxygens (including phenoxy) is 4. The number of nitrogens with one attached hydrogen (secondary N) is 1. The van der Waals surface area contributed by atoms with E-state index < -0.39 is 70.4 Å². The summed E-state index contributed by atoms with van der Waals surface area (Å²) in [6, 6.07) is 9.46.